The summed E-state index contributed by atoms with van der Waals surface area (Å²) >= 11 is 1.68. The van der Waals surface area contributed by atoms with E-state index in [4.69, 9.17) is 0 Å². The van der Waals surface area contributed by atoms with E-state index in [0.29, 0.717) is 18.8 Å². The fourth-order valence-electron chi connectivity index (χ4n) is 3.09. The number of sulfonamides is 1. The van der Waals surface area contributed by atoms with Crippen LogP contribution in [0.5, 0.6) is 0 Å². The van der Waals surface area contributed by atoms with E-state index in [-0.39, 0.29) is 16.5 Å². The highest BCUT2D eigenvalue weighted by atomic mass is 32.2. The summed E-state index contributed by atoms with van der Waals surface area (Å²) in [6.45, 7) is 4.33. The molecule has 0 spiro atoms. The quantitative estimate of drug-likeness (QED) is 0.490. The highest BCUT2D eigenvalue weighted by Gasteiger charge is 2.25. The summed E-state index contributed by atoms with van der Waals surface area (Å²) in [6, 6.07) is 12.9. The Balaban J connectivity index is 1.67. The van der Waals surface area contributed by atoms with Gasteiger partial charge in [-0.25, -0.2) is 8.42 Å². The summed E-state index contributed by atoms with van der Waals surface area (Å²) in [7, 11) is -1.96. The van der Waals surface area contributed by atoms with Gasteiger partial charge in [-0.05, 0) is 42.0 Å². The van der Waals surface area contributed by atoms with Crippen molar-refractivity contribution in [3.8, 4) is 0 Å². The van der Waals surface area contributed by atoms with Crippen molar-refractivity contribution in [2.45, 2.75) is 29.4 Å². The number of hydrogen-bond donors (Lipinski definition) is 1. The predicted octanol–water partition coefficient (Wildman–Crippen LogP) is 4.00. The van der Waals surface area contributed by atoms with Gasteiger partial charge in [-0.15, -0.1) is 11.8 Å². The Kier molecular flexibility index (Phi) is 7.53. The molecule has 0 fully saturated rings. The van der Waals surface area contributed by atoms with Gasteiger partial charge >= 0.3 is 0 Å². The van der Waals surface area contributed by atoms with Crippen molar-refractivity contribution in [1.29, 1.82) is 0 Å². The third kappa shape index (κ3) is 5.55. The highest BCUT2D eigenvalue weighted by molar-refractivity contribution is 7.98. The van der Waals surface area contributed by atoms with E-state index in [1.54, 1.807) is 38.9 Å². The standard InChI is InChI=1S/C22H26N4O3S2/c1-4-26(5-2)31(28,29)20-13-21(25(3)15-20)22(27)24-18-8-10-19(11-9-18)30-16-17-7-6-12-23-14-17/h6-15H,4-5,16H2,1-3H3,(H,24,27). The number of carbonyl (C=O) groups excluding carboxylic acids is 1. The van der Waals surface area contributed by atoms with E-state index in [0.717, 1.165) is 16.2 Å². The summed E-state index contributed by atoms with van der Waals surface area (Å²) in [5, 5.41) is 2.83. The number of nitrogens with zero attached hydrogens (tertiary/aromatic N) is 3. The minimum Gasteiger partial charge on any atom is -0.345 e. The van der Waals surface area contributed by atoms with Crippen LogP contribution in [0.25, 0.3) is 0 Å². The van der Waals surface area contributed by atoms with Gasteiger partial charge in [-0.3, -0.25) is 9.78 Å². The van der Waals surface area contributed by atoms with Gasteiger partial charge in [0.2, 0.25) is 10.0 Å². The van der Waals surface area contributed by atoms with Crippen LogP contribution in [-0.4, -0.2) is 41.3 Å². The Hall–Kier alpha value is -2.62. The zero-order valence-electron chi connectivity index (χ0n) is 17.8. The first-order valence-corrected chi connectivity index (χ1v) is 12.4. The molecule has 0 radical (unpaired) electrons. The smallest absolute Gasteiger partial charge is 0.272 e. The minimum atomic E-state index is -3.62. The van der Waals surface area contributed by atoms with Crippen LogP contribution in [0.1, 0.15) is 29.9 Å². The normalized spacial score (nSPS) is 11.6. The average molecular weight is 459 g/mol. The van der Waals surface area contributed by atoms with Gasteiger partial charge in [-0.1, -0.05) is 19.9 Å². The molecular weight excluding hydrogens is 432 g/mol. The van der Waals surface area contributed by atoms with Crippen molar-refractivity contribution >= 4 is 33.4 Å². The van der Waals surface area contributed by atoms with Gasteiger partial charge in [0, 0.05) is 55.1 Å². The largest absolute Gasteiger partial charge is 0.345 e. The molecular formula is C22H26N4O3S2. The number of aromatic nitrogens is 2. The maximum Gasteiger partial charge on any atom is 0.272 e. The van der Waals surface area contributed by atoms with Gasteiger partial charge in [-0.2, -0.15) is 4.31 Å². The molecule has 0 aliphatic rings. The fourth-order valence-corrected chi connectivity index (χ4v) is 5.46. The number of carbonyl (C=O) groups is 1. The van der Waals surface area contributed by atoms with Crippen LogP contribution in [0.3, 0.4) is 0 Å². The Morgan fingerprint density at radius 3 is 2.48 bits per heavy atom. The zero-order chi connectivity index (χ0) is 22.4. The Bertz CT molecular complexity index is 1120. The molecule has 164 valence electrons. The molecule has 2 heterocycles. The van der Waals surface area contributed by atoms with Crippen LogP contribution in [0.15, 0.2) is 70.8 Å². The van der Waals surface area contributed by atoms with Crippen molar-refractivity contribution in [3.05, 3.63) is 72.3 Å². The number of amides is 1. The lowest BCUT2D eigenvalue weighted by molar-refractivity contribution is 0.101. The topological polar surface area (TPSA) is 84.3 Å². The van der Waals surface area contributed by atoms with Crippen LogP contribution < -0.4 is 5.32 Å². The van der Waals surface area contributed by atoms with Crippen LogP contribution in [0.4, 0.5) is 5.69 Å². The molecule has 1 amide bonds. The number of aryl methyl sites for hydroxylation is 1. The first kappa shape index (κ1) is 23.1. The summed E-state index contributed by atoms with van der Waals surface area (Å²) in [5.41, 5.74) is 2.06. The van der Waals surface area contributed by atoms with Crippen molar-refractivity contribution in [2.75, 3.05) is 18.4 Å². The highest BCUT2D eigenvalue weighted by Crippen LogP contribution is 2.24. The number of pyridine rings is 1. The van der Waals surface area contributed by atoms with Crippen molar-refractivity contribution < 1.29 is 13.2 Å². The predicted molar refractivity (Wildman–Crippen MR) is 124 cm³/mol. The number of anilines is 1. The summed E-state index contributed by atoms with van der Waals surface area (Å²) in [5.74, 6) is 0.450. The van der Waals surface area contributed by atoms with E-state index >= 15 is 0 Å². The molecule has 0 bridgehead atoms. The van der Waals surface area contributed by atoms with E-state index in [9.17, 15) is 13.2 Å². The lowest BCUT2D eigenvalue weighted by Gasteiger charge is -2.17. The number of hydrogen-bond acceptors (Lipinski definition) is 5. The first-order chi connectivity index (χ1) is 14.8. The maximum atomic E-state index is 12.7. The molecule has 2 aromatic heterocycles. The van der Waals surface area contributed by atoms with Crippen LogP contribution in [-0.2, 0) is 22.8 Å². The van der Waals surface area contributed by atoms with Gasteiger partial charge in [0.15, 0.2) is 0 Å². The second kappa shape index (κ2) is 10.1. The third-order valence-electron chi connectivity index (χ3n) is 4.80. The molecule has 3 rings (SSSR count). The number of benzene rings is 1. The number of rotatable bonds is 9. The van der Waals surface area contributed by atoms with Crippen molar-refractivity contribution in [1.82, 2.24) is 13.9 Å². The van der Waals surface area contributed by atoms with Gasteiger partial charge in [0.1, 0.15) is 10.6 Å². The Morgan fingerprint density at radius 1 is 1.16 bits per heavy atom. The van der Waals surface area contributed by atoms with Crippen LogP contribution >= 0.6 is 11.8 Å². The molecule has 0 aliphatic heterocycles. The van der Waals surface area contributed by atoms with Crippen LogP contribution in [0.2, 0.25) is 0 Å². The molecule has 0 saturated heterocycles. The molecule has 0 atom stereocenters. The van der Waals surface area contributed by atoms with E-state index in [1.807, 2.05) is 42.6 Å². The molecule has 7 nitrogen and oxygen atoms in total. The summed E-state index contributed by atoms with van der Waals surface area (Å²) < 4.78 is 28.3. The third-order valence-corrected chi connectivity index (χ3v) is 7.89. The van der Waals surface area contributed by atoms with Gasteiger partial charge in [0.05, 0.1) is 0 Å². The Labute approximate surface area is 187 Å². The first-order valence-electron chi connectivity index (χ1n) is 9.94. The molecule has 0 unspecified atom stereocenters. The van der Waals surface area contributed by atoms with Crippen LogP contribution in [0, 0.1) is 0 Å². The molecule has 0 aliphatic carbocycles. The maximum absolute atomic E-state index is 12.7. The summed E-state index contributed by atoms with van der Waals surface area (Å²) in [6.07, 6.45) is 5.07. The number of thioether (sulfide) groups is 1. The summed E-state index contributed by atoms with van der Waals surface area (Å²) in [4.78, 5) is 18.0. The lowest BCUT2D eigenvalue weighted by atomic mass is 10.3. The monoisotopic (exact) mass is 458 g/mol. The molecule has 0 saturated carbocycles. The van der Waals surface area contributed by atoms with E-state index < -0.39 is 10.0 Å². The zero-order valence-corrected chi connectivity index (χ0v) is 19.4. The minimum absolute atomic E-state index is 0.117. The molecule has 1 N–H and O–H groups in total. The second-order valence-electron chi connectivity index (χ2n) is 6.89. The van der Waals surface area contributed by atoms with Gasteiger partial charge in [0.25, 0.3) is 5.91 Å². The second-order valence-corrected chi connectivity index (χ2v) is 9.88. The SMILES string of the molecule is CCN(CC)S(=O)(=O)c1cc(C(=O)Nc2ccc(SCc3cccnc3)cc2)n(C)c1. The van der Waals surface area contributed by atoms with E-state index in [1.165, 1.54) is 21.1 Å². The lowest BCUT2D eigenvalue weighted by Crippen LogP contribution is -2.30. The van der Waals surface area contributed by atoms with E-state index in [2.05, 4.69) is 10.3 Å². The number of nitrogens with one attached hydrogen (secondary N) is 1. The van der Waals surface area contributed by atoms with Crippen molar-refractivity contribution in [3.63, 3.8) is 0 Å². The molecule has 1 aromatic carbocycles. The average Bonchev–Trinajstić information content (AvgIpc) is 3.17. The Morgan fingerprint density at radius 2 is 1.87 bits per heavy atom. The van der Waals surface area contributed by atoms with Crippen molar-refractivity contribution in [2.24, 2.45) is 7.05 Å². The fraction of sp³-hybridized carbons (Fsp3) is 0.273. The molecule has 31 heavy (non-hydrogen) atoms. The molecule has 3 aromatic rings. The molecule has 9 heteroatoms. The van der Waals surface area contributed by atoms with Gasteiger partial charge < -0.3 is 9.88 Å².